The molecule has 0 atom stereocenters. The van der Waals surface area contributed by atoms with Crippen molar-refractivity contribution < 1.29 is 19.8 Å². The highest BCUT2D eigenvalue weighted by Gasteiger charge is 2.27. The Balaban J connectivity index is 0.957. The van der Waals surface area contributed by atoms with Gasteiger partial charge in [0.25, 0.3) is 0 Å². The Kier molecular flexibility index (Phi) is 13.2. The van der Waals surface area contributed by atoms with Gasteiger partial charge in [0.05, 0.1) is 0 Å². The molecule has 4 aromatic rings. The van der Waals surface area contributed by atoms with Gasteiger partial charge in [-0.2, -0.15) is 0 Å². The fourth-order valence-electron chi connectivity index (χ4n) is 7.86. The highest BCUT2D eigenvalue weighted by Crippen LogP contribution is 2.29. The Morgan fingerprint density at radius 3 is 1.24 bits per heavy atom. The molecule has 11 nitrogen and oxygen atoms in total. The van der Waals surface area contributed by atoms with Crippen LogP contribution in [0.25, 0.3) is 0 Å². The Morgan fingerprint density at radius 1 is 0.582 bits per heavy atom. The topological polar surface area (TPSA) is 117 Å². The second-order valence-electron chi connectivity index (χ2n) is 15.6. The van der Waals surface area contributed by atoms with E-state index in [4.69, 9.17) is 0 Å². The summed E-state index contributed by atoms with van der Waals surface area (Å²) in [6.45, 7) is 21.2. The van der Waals surface area contributed by atoms with Gasteiger partial charge in [-0.25, -0.2) is 19.6 Å². The van der Waals surface area contributed by atoms with Crippen LogP contribution in [0.5, 0.6) is 0 Å². The predicted molar refractivity (Wildman–Crippen MR) is 218 cm³/mol. The lowest BCUT2D eigenvalue weighted by atomic mass is 9.98. The number of rotatable bonds is 15. The normalized spacial score (nSPS) is 15.7. The lowest BCUT2D eigenvalue weighted by molar-refractivity contribution is 0.0684. The van der Waals surface area contributed by atoms with Crippen LogP contribution in [0.4, 0.5) is 11.6 Å². The van der Waals surface area contributed by atoms with E-state index in [1.54, 1.807) is 12.4 Å². The smallest absolute Gasteiger partial charge is 0.339 e. The summed E-state index contributed by atoms with van der Waals surface area (Å²) in [5, 5.41) is 19.9. The van der Waals surface area contributed by atoms with Crippen molar-refractivity contribution in [3.63, 3.8) is 0 Å². The second kappa shape index (κ2) is 18.2. The van der Waals surface area contributed by atoms with Crippen molar-refractivity contribution in [3.05, 3.63) is 118 Å². The van der Waals surface area contributed by atoms with Gasteiger partial charge in [-0.15, -0.1) is 0 Å². The van der Waals surface area contributed by atoms with Crippen LogP contribution in [0.1, 0.15) is 101 Å². The Morgan fingerprint density at radius 2 is 0.927 bits per heavy atom. The van der Waals surface area contributed by atoms with E-state index in [0.29, 0.717) is 22.8 Å². The molecule has 2 aliphatic rings. The van der Waals surface area contributed by atoms with Gasteiger partial charge in [0.2, 0.25) is 0 Å². The van der Waals surface area contributed by atoms with E-state index >= 15 is 0 Å². The number of pyridine rings is 2. The number of hydrogen-bond acceptors (Lipinski definition) is 9. The molecule has 0 unspecified atom stereocenters. The average molecular weight is 748 g/mol. The van der Waals surface area contributed by atoms with Crippen molar-refractivity contribution in [2.75, 3.05) is 68.7 Å². The monoisotopic (exact) mass is 747 g/mol. The van der Waals surface area contributed by atoms with Crippen molar-refractivity contribution in [3.8, 4) is 0 Å². The van der Waals surface area contributed by atoms with Crippen molar-refractivity contribution in [2.24, 2.45) is 0 Å². The molecule has 55 heavy (non-hydrogen) atoms. The van der Waals surface area contributed by atoms with E-state index in [2.05, 4.69) is 89.9 Å². The molecule has 0 bridgehead atoms. The van der Waals surface area contributed by atoms with Crippen LogP contribution in [0.3, 0.4) is 0 Å². The first-order valence-electron chi connectivity index (χ1n) is 19.8. The third-order valence-electron chi connectivity index (χ3n) is 11.1. The third kappa shape index (κ3) is 9.89. The van der Waals surface area contributed by atoms with Crippen LogP contribution in [-0.2, 0) is 26.2 Å². The Bertz CT molecular complexity index is 1760. The number of benzene rings is 2. The summed E-state index contributed by atoms with van der Waals surface area (Å²) in [5.74, 6) is -0.397. The van der Waals surface area contributed by atoms with Crippen molar-refractivity contribution in [1.82, 2.24) is 24.7 Å². The summed E-state index contributed by atoms with van der Waals surface area (Å²) in [6, 6.07) is 21.6. The highest BCUT2D eigenvalue weighted by molar-refractivity contribution is 5.96. The zero-order valence-corrected chi connectivity index (χ0v) is 33.1. The van der Waals surface area contributed by atoms with Crippen LogP contribution in [0.15, 0.2) is 73.1 Å². The summed E-state index contributed by atoms with van der Waals surface area (Å²) in [5.41, 5.74) is 7.50. The van der Waals surface area contributed by atoms with E-state index in [0.717, 1.165) is 96.2 Å². The molecule has 292 valence electrons. The molecule has 4 heterocycles. The molecular weight excluding hydrogens is 691 g/mol. The molecule has 2 saturated heterocycles. The molecule has 2 fully saturated rings. The molecule has 2 aliphatic heterocycles. The maximum atomic E-state index is 12.2. The maximum absolute atomic E-state index is 12.2. The van der Waals surface area contributed by atoms with E-state index in [9.17, 15) is 19.8 Å². The third-order valence-corrected chi connectivity index (χ3v) is 11.1. The van der Waals surface area contributed by atoms with E-state index in [-0.39, 0.29) is 11.8 Å². The number of aromatic carboxylic acids is 2. The number of piperazine rings is 2. The zero-order chi connectivity index (χ0) is 39.1. The van der Waals surface area contributed by atoms with Gasteiger partial charge in [-0.3, -0.25) is 14.7 Å². The Hall–Kier alpha value is -4.84. The number of carboxylic acid groups (broad SMARTS) is 2. The zero-order valence-electron chi connectivity index (χ0n) is 33.1. The molecule has 0 aliphatic carbocycles. The summed E-state index contributed by atoms with van der Waals surface area (Å²) in [6.07, 6.45) is 3.47. The SMILES string of the molecule is CCN(Cc1ccc(CN2CCN(c3nccc(C(C)C)c3C(=O)O)CC2)cc1)Cc1ccc(CN2CCN(c3nccc(C(C)C)c3C(=O)O)CC2)cc1. The number of hydrogen-bond donors (Lipinski definition) is 2. The highest BCUT2D eigenvalue weighted by atomic mass is 16.4. The van der Waals surface area contributed by atoms with Crippen LogP contribution in [0.2, 0.25) is 0 Å². The number of anilines is 2. The maximum Gasteiger partial charge on any atom is 0.339 e. The van der Waals surface area contributed by atoms with Gasteiger partial charge < -0.3 is 20.0 Å². The number of carboxylic acids is 2. The fourth-order valence-corrected chi connectivity index (χ4v) is 7.86. The summed E-state index contributed by atoms with van der Waals surface area (Å²) >= 11 is 0. The minimum atomic E-state index is -0.908. The van der Waals surface area contributed by atoms with Gasteiger partial charge in [0.15, 0.2) is 0 Å². The van der Waals surface area contributed by atoms with Crippen LogP contribution < -0.4 is 9.80 Å². The molecule has 0 spiro atoms. The lowest BCUT2D eigenvalue weighted by Gasteiger charge is -2.36. The van der Waals surface area contributed by atoms with Crippen molar-refractivity contribution in [1.29, 1.82) is 0 Å². The first-order valence-corrected chi connectivity index (χ1v) is 19.8. The molecule has 0 saturated carbocycles. The minimum absolute atomic E-state index is 0.121. The van der Waals surface area contributed by atoms with Crippen molar-refractivity contribution in [2.45, 2.75) is 72.6 Å². The molecule has 2 N–H and O–H groups in total. The molecule has 6 rings (SSSR count). The fraction of sp³-hybridized carbons (Fsp3) is 0.455. The molecule has 0 radical (unpaired) electrons. The predicted octanol–water partition coefficient (Wildman–Crippen LogP) is 6.79. The van der Waals surface area contributed by atoms with Gasteiger partial charge in [0, 0.05) is 90.9 Å². The van der Waals surface area contributed by atoms with Gasteiger partial charge in [-0.05, 0) is 63.9 Å². The minimum Gasteiger partial charge on any atom is -0.478 e. The van der Waals surface area contributed by atoms with Crippen LogP contribution >= 0.6 is 0 Å². The quantitative estimate of drug-likeness (QED) is 0.134. The standard InChI is InChI=1S/C44H57N7O4/c1-6-47(27-33-7-11-35(12-8-33)29-48-19-23-50(24-20-48)41-39(43(52)53)37(31(2)3)15-17-45-41)28-34-9-13-36(14-10-34)30-49-21-25-51(26-22-49)42-40(44(54)55)38(32(4)5)16-18-46-42/h7-18,31-32H,6,19-30H2,1-5H3,(H,52,53)(H,54,55). The van der Waals surface area contributed by atoms with Crippen molar-refractivity contribution >= 4 is 23.6 Å². The molecule has 2 aromatic heterocycles. The van der Waals surface area contributed by atoms with Gasteiger partial charge in [-0.1, -0.05) is 83.1 Å². The first-order chi connectivity index (χ1) is 26.5. The average Bonchev–Trinajstić information content (AvgIpc) is 3.19. The van der Waals surface area contributed by atoms with E-state index < -0.39 is 11.9 Å². The first kappa shape index (κ1) is 39.8. The summed E-state index contributed by atoms with van der Waals surface area (Å²) < 4.78 is 0. The van der Waals surface area contributed by atoms with Crippen LogP contribution in [-0.4, -0.2) is 106 Å². The number of nitrogens with zero attached hydrogens (tertiary/aromatic N) is 7. The number of aromatic nitrogens is 2. The molecule has 2 aromatic carbocycles. The van der Waals surface area contributed by atoms with E-state index in [1.807, 2.05) is 39.8 Å². The molecular formula is C44H57N7O4. The van der Waals surface area contributed by atoms with E-state index in [1.165, 1.54) is 22.3 Å². The molecule has 11 heteroatoms. The lowest BCUT2D eigenvalue weighted by Crippen LogP contribution is -2.46. The van der Waals surface area contributed by atoms with Crippen LogP contribution in [0, 0.1) is 0 Å². The Labute approximate surface area is 326 Å². The molecule has 0 amide bonds. The summed E-state index contributed by atoms with van der Waals surface area (Å²) in [7, 11) is 0. The number of carbonyl (C=O) groups is 2. The second-order valence-corrected chi connectivity index (χ2v) is 15.6. The summed E-state index contributed by atoms with van der Waals surface area (Å²) in [4.78, 5) is 44.9. The van der Waals surface area contributed by atoms with Gasteiger partial charge >= 0.3 is 11.9 Å². The largest absolute Gasteiger partial charge is 0.478 e. The van der Waals surface area contributed by atoms with Gasteiger partial charge in [0.1, 0.15) is 22.8 Å².